The maximum atomic E-state index is 11.7. The van der Waals surface area contributed by atoms with Crippen molar-refractivity contribution < 1.29 is 13.7 Å². The Balaban J connectivity index is 1.76. The molecule has 0 saturated heterocycles. The van der Waals surface area contributed by atoms with Crippen LogP contribution < -0.4 is 10.6 Å². The molecule has 23 heavy (non-hydrogen) atoms. The van der Waals surface area contributed by atoms with E-state index in [0.29, 0.717) is 36.1 Å². The average molecular weight is 312 g/mol. The molecule has 7 nitrogen and oxygen atoms in total. The van der Waals surface area contributed by atoms with Crippen LogP contribution in [0.4, 0.5) is 10.5 Å². The van der Waals surface area contributed by atoms with Gasteiger partial charge in [0.2, 0.25) is 11.7 Å². The lowest BCUT2D eigenvalue weighted by Gasteiger charge is -2.09. The number of carbonyl (C=O) groups is 1. The number of nitrogens with one attached hydrogen (secondary N) is 2. The second kappa shape index (κ2) is 6.78. The van der Waals surface area contributed by atoms with Crippen LogP contribution in [-0.4, -0.2) is 22.7 Å². The number of rotatable bonds is 5. The molecule has 0 unspecified atom stereocenters. The minimum Gasteiger partial charge on any atom is -0.461 e. The summed E-state index contributed by atoms with van der Waals surface area (Å²) in [5.74, 6) is 1.40. The Morgan fingerprint density at radius 1 is 1.22 bits per heavy atom. The number of benzene rings is 1. The van der Waals surface area contributed by atoms with Crippen LogP contribution >= 0.6 is 0 Å². The van der Waals surface area contributed by atoms with E-state index in [0.717, 1.165) is 5.56 Å². The highest BCUT2D eigenvalue weighted by atomic mass is 16.5. The number of nitrogens with zero attached hydrogens (tertiary/aromatic N) is 2. The largest absolute Gasteiger partial charge is 0.461 e. The van der Waals surface area contributed by atoms with Crippen LogP contribution in [0.5, 0.6) is 0 Å². The SMILES string of the molecule is CCNC(=O)Nc1ccccc1Cc1nc(-c2ccco2)no1. The number of hydrogen-bond acceptors (Lipinski definition) is 5. The second-order valence-electron chi connectivity index (χ2n) is 4.81. The molecule has 0 spiro atoms. The van der Waals surface area contributed by atoms with E-state index in [9.17, 15) is 4.79 Å². The van der Waals surface area contributed by atoms with Gasteiger partial charge in [0.25, 0.3) is 0 Å². The van der Waals surface area contributed by atoms with Crippen molar-refractivity contribution in [1.29, 1.82) is 0 Å². The molecule has 3 aromatic rings. The van der Waals surface area contributed by atoms with Crippen molar-refractivity contribution >= 4 is 11.7 Å². The number of aromatic nitrogens is 2. The minimum absolute atomic E-state index is 0.248. The number of anilines is 1. The van der Waals surface area contributed by atoms with Gasteiger partial charge in [-0.2, -0.15) is 4.98 Å². The normalized spacial score (nSPS) is 10.5. The fourth-order valence-electron chi connectivity index (χ4n) is 2.12. The van der Waals surface area contributed by atoms with Crippen LogP contribution in [0.25, 0.3) is 11.6 Å². The van der Waals surface area contributed by atoms with Crippen LogP contribution in [0.2, 0.25) is 0 Å². The highest BCUT2D eigenvalue weighted by Crippen LogP contribution is 2.21. The quantitative estimate of drug-likeness (QED) is 0.755. The van der Waals surface area contributed by atoms with Crippen molar-refractivity contribution in [2.24, 2.45) is 0 Å². The zero-order valence-electron chi connectivity index (χ0n) is 12.6. The first kappa shape index (κ1) is 14.8. The van der Waals surface area contributed by atoms with E-state index in [4.69, 9.17) is 8.94 Å². The molecule has 0 radical (unpaired) electrons. The summed E-state index contributed by atoms with van der Waals surface area (Å²) < 4.78 is 10.5. The molecule has 0 bridgehead atoms. The third-order valence-electron chi connectivity index (χ3n) is 3.15. The summed E-state index contributed by atoms with van der Waals surface area (Å²) in [6.45, 7) is 2.42. The van der Waals surface area contributed by atoms with Gasteiger partial charge in [-0.3, -0.25) is 0 Å². The third kappa shape index (κ3) is 3.57. The van der Waals surface area contributed by atoms with E-state index in [1.807, 2.05) is 31.2 Å². The van der Waals surface area contributed by atoms with Crippen molar-refractivity contribution in [3.05, 3.63) is 54.1 Å². The van der Waals surface area contributed by atoms with Crippen LogP contribution in [0, 0.1) is 0 Å². The first-order chi connectivity index (χ1) is 11.3. The van der Waals surface area contributed by atoms with Crippen molar-refractivity contribution in [3.63, 3.8) is 0 Å². The van der Waals surface area contributed by atoms with E-state index in [1.54, 1.807) is 18.4 Å². The van der Waals surface area contributed by atoms with E-state index < -0.39 is 0 Å². The van der Waals surface area contributed by atoms with Gasteiger partial charge in [-0.1, -0.05) is 23.4 Å². The molecular formula is C16H16N4O3. The van der Waals surface area contributed by atoms with E-state index >= 15 is 0 Å². The molecule has 0 saturated carbocycles. The number of furan rings is 1. The number of carbonyl (C=O) groups excluding carboxylic acids is 1. The minimum atomic E-state index is -0.248. The summed E-state index contributed by atoms with van der Waals surface area (Å²) >= 11 is 0. The Morgan fingerprint density at radius 2 is 2.09 bits per heavy atom. The van der Waals surface area contributed by atoms with Crippen molar-refractivity contribution in [2.45, 2.75) is 13.3 Å². The van der Waals surface area contributed by atoms with Gasteiger partial charge in [0.15, 0.2) is 5.76 Å². The van der Waals surface area contributed by atoms with Crippen LogP contribution in [0.1, 0.15) is 18.4 Å². The standard InChI is InChI=1S/C16H16N4O3/c1-2-17-16(21)18-12-7-4-3-6-11(12)10-14-19-15(20-23-14)13-8-5-9-22-13/h3-9H,2,10H2,1H3,(H2,17,18,21). The topological polar surface area (TPSA) is 93.2 Å². The lowest BCUT2D eigenvalue weighted by Crippen LogP contribution is -2.28. The summed E-state index contributed by atoms with van der Waals surface area (Å²) in [6, 6.07) is 10.7. The molecule has 7 heteroatoms. The predicted octanol–water partition coefficient (Wildman–Crippen LogP) is 3.06. The van der Waals surface area contributed by atoms with Crippen LogP contribution in [0.15, 0.2) is 51.6 Å². The Labute approximate surface area is 132 Å². The van der Waals surface area contributed by atoms with E-state index in [-0.39, 0.29) is 6.03 Å². The number of amides is 2. The summed E-state index contributed by atoms with van der Waals surface area (Å²) in [5.41, 5.74) is 1.59. The lowest BCUT2D eigenvalue weighted by molar-refractivity contribution is 0.252. The van der Waals surface area contributed by atoms with Crippen molar-refractivity contribution in [2.75, 3.05) is 11.9 Å². The Morgan fingerprint density at radius 3 is 2.87 bits per heavy atom. The zero-order chi connectivity index (χ0) is 16.1. The molecular weight excluding hydrogens is 296 g/mol. The Bertz CT molecular complexity index is 780. The molecule has 0 atom stereocenters. The second-order valence-corrected chi connectivity index (χ2v) is 4.81. The van der Waals surface area contributed by atoms with Gasteiger partial charge in [0.05, 0.1) is 12.7 Å². The Kier molecular flexibility index (Phi) is 4.37. The first-order valence-corrected chi connectivity index (χ1v) is 7.25. The highest BCUT2D eigenvalue weighted by molar-refractivity contribution is 5.90. The third-order valence-corrected chi connectivity index (χ3v) is 3.15. The van der Waals surface area contributed by atoms with Gasteiger partial charge in [-0.15, -0.1) is 0 Å². The molecule has 0 aliphatic rings. The summed E-state index contributed by atoms with van der Waals surface area (Å²) in [7, 11) is 0. The van der Waals surface area contributed by atoms with Crippen LogP contribution in [-0.2, 0) is 6.42 Å². The van der Waals surface area contributed by atoms with Crippen molar-refractivity contribution in [1.82, 2.24) is 15.5 Å². The Hall–Kier alpha value is -3.09. The fourth-order valence-corrected chi connectivity index (χ4v) is 2.12. The van der Waals surface area contributed by atoms with Gasteiger partial charge in [-0.05, 0) is 30.7 Å². The van der Waals surface area contributed by atoms with Crippen LogP contribution in [0.3, 0.4) is 0 Å². The summed E-state index contributed by atoms with van der Waals surface area (Å²) in [5, 5.41) is 9.40. The first-order valence-electron chi connectivity index (χ1n) is 7.25. The fraction of sp³-hybridized carbons (Fsp3) is 0.188. The molecule has 1 aromatic carbocycles. The monoisotopic (exact) mass is 312 g/mol. The van der Waals surface area contributed by atoms with Gasteiger partial charge >= 0.3 is 6.03 Å². The van der Waals surface area contributed by atoms with Gasteiger partial charge < -0.3 is 19.6 Å². The molecule has 2 heterocycles. The number of hydrogen-bond donors (Lipinski definition) is 2. The maximum absolute atomic E-state index is 11.7. The molecule has 118 valence electrons. The summed E-state index contributed by atoms with van der Waals surface area (Å²) in [6.07, 6.45) is 1.97. The highest BCUT2D eigenvalue weighted by Gasteiger charge is 2.13. The predicted molar refractivity (Wildman–Crippen MR) is 83.9 cm³/mol. The number of para-hydroxylation sites is 1. The number of urea groups is 1. The van der Waals surface area contributed by atoms with Gasteiger partial charge in [0.1, 0.15) is 0 Å². The molecule has 3 rings (SSSR count). The molecule has 2 amide bonds. The zero-order valence-corrected chi connectivity index (χ0v) is 12.6. The molecule has 0 fully saturated rings. The van der Waals surface area contributed by atoms with Crippen molar-refractivity contribution in [3.8, 4) is 11.6 Å². The molecule has 0 aliphatic carbocycles. The van der Waals surface area contributed by atoms with E-state index in [2.05, 4.69) is 20.8 Å². The van der Waals surface area contributed by atoms with E-state index in [1.165, 1.54) is 0 Å². The molecule has 0 aliphatic heterocycles. The molecule has 2 aromatic heterocycles. The summed E-state index contributed by atoms with van der Waals surface area (Å²) in [4.78, 5) is 16.0. The molecule has 2 N–H and O–H groups in total. The maximum Gasteiger partial charge on any atom is 0.319 e. The average Bonchev–Trinajstić information content (AvgIpc) is 3.20. The van der Waals surface area contributed by atoms with Gasteiger partial charge in [-0.25, -0.2) is 4.79 Å². The lowest BCUT2D eigenvalue weighted by atomic mass is 10.1. The smallest absolute Gasteiger partial charge is 0.319 e. The van der Waals surface area contributed by atoms with Gasteiger partial charge in [0, 0.05) is 12.2 Å².